The quantitative estimate of drug-likeness (QED) is 0.356. The van der Waals surface area contributed by atoms with E-state index in [1.807, 2.05) is 0 Å². The van der Waals surface area contributed by atoms with Crippen LogP contribution >= 0.6 is 0 Å². The molecule has 0 heterocycles. The predicted molar refractivity (Wildman–Crippen MR) is 78.7 cm³/mol. The van der Waals surface area contributed by atoms with E-state index in [4.69, 9.17) is 10.8 Å². The number of nitrogens with two attached hydrogens (primary N) is 1. The van der Waals surface area contributed by atoms with Gasteiger partial charge in [0.25, 0.3) is 0 Å². The summed E-state index contributed by atoms with van der Waals surface area (Å²) in [6.07, 6.45) is 0. The van der Waals surface area contributed by atoms with Crippen molar-refractivity contribution < 1.29 is 24.3 Å². The molecule has 0 saturated carbocycles. The molecule has 9 nitrogen and oxygen atoms in total. The molecule has 0 aliphatic carbocycles. The maximum Gasteiger partial charge on any atom is 0.325 e. The Bertz CT molecular complexity index is 438. The SMILES string of the molecule is CC(NC(=O)C(NC(=O)C(C)NC(=O)CN)C(C)C)C(=O)O. The van der Waals surface area contributed by atoms with Gasteiger partial charge in [-0.2, -0.15) is 0 Å². The van der Waals surface area contributed by atoms with Crippen molar-refractivity contribution in [3.05, 3.63) is 0 Å². The molecule has 0 radical (unpaired) electrons. The Hall–Kier alpha value is -2.16. The highest BCUT2D eigenvalue weighted by molar-refractivity contribution is 5.93. The van der Waals surface area contributed by atoms with Crippen LogP contribution in [-0.2, 0) is 19.2 Å². The Balaban J connectivity index is 4.76. The zero-order chi connectivity index (χ0) is 17.4. The van der Waals surface area contributed by atoms with Crippen molar-refractivity contribution >= 4 is 23.7 Å². The summed E-state index contributed by atoms with van der Waals surface area (Å²) in [5, 5.41) is 15.9. The summed E-state index contributed by atoms with van der Waals surface area (Å²) >= 11 is 0. The average molecular weight is 316 g/mol. The number of hydrogen-bond donors (Lipinski definition) is 5. The Morgan fingerprint density at radius 3 is 1.86 bits per heavy atom. The third kappa shape index (κ3) is 6.53. The largest absolute Gasteiger partial charge is 0.480 e. The normalized spacial score (nSPS) is 14.6. The van der Waals surface area contributed by atoms with Gasteiger partial charge in [0.15, 0.2) is 0 Å². The van der Waals surface area contributed by atoms with Crippen LogP contribution in [0.3, 0.4) is 0 Å². The molecule has 0 aromatic rings. The lowest BCUT2D eigenvalue weighted by Gasteiger charge is -2.24. The molecule has 0 bridgehead atoms. The maximum atomic E-state index is 12.0. The number of carbonyl (C=O) groups excluding carboxylic acids is 3. The molecule has 3 amide bonds. The van der Waals surface area contributed by atoms with Crippen LogP contribution in [0, 0.1) is 5.92 Å². The van der Waals surface area contributed by atoms with E-state index >= 15 is 0 Å². The summed E-state index contributed by atoms with van der Waals surface area (Å²) in [7, 11) is 0. The zero-order valence-electron chi connectivity index (χ0n) is 13.2. The lowest BCUT2D eigenvalue weighted by atomic mass is 10.0. The zero-order valence-corrected chi connectivity index (χ0v) is 13.2. The molecule has 126 valence electrons. The van der Waals surface area contributed by atoms with Crippen molar-refractivity contribution in [2.45, 2.75) is 45.8 Å². The third-order valence-electron chi connectivity index (χ3n) is 2.93. The Morgan fingerprint density at radius 1 is 0.909 bits per heavy atom. The average Bonchev–Trinajstić information content (AvgIpc) is 2.43. The lowest BCUT2D eigenvalue weighted by molar-refractivity contribution is -0.142. The first-order valence-corrected chi connectivity index (χ1v) is 6.93. The molecule has 0 fully saturated rings. The minimum absolute atomic E-state index is 0.248. The van der Waals surface area contributed by atoms with E-state index in [9.17, 15) is 19.2 Å². The third-order valence-corrected chi connectivity index (χ3v) is 2.93. The maximum absolute atomic E-state index is 12.0. The molecular weight excluding hydrogens is 292 g/mol. The molecule has 6 N–H and O–H groups in total. The topological polar surface area (TPSA) is 151 Å². The van der Waals surface area contributed by atoms with Crippen molar-refractivity contribution in [3.63, 3.8) is 0 Å². The first-order valence-electron chi connectivity index (χ1n) is 6.93. The highest BCUT2D eigenvalue weighted by atomic mass is 16.4. The van der Waals surface area contributed by atoms with E-state index in [2.05, 4.69) is 16.0 Å². The van der Waals surface area contributed by atoms with Gasteiger partial charge in [-0.25, -0.2) is 0 Å². The van der Waals surface area contributed by atoms with Crippen molar-refractivity contribution in [1.82, 2.24) is 16.0 Å². The summed E-state index contributed by atoms with van der Waals surface area (Å²) in [5.74, 6) is -3.09. The van der Waals surface area contributed by atoms with Crippen molar-refractivity contribution in [2.24, 2.45) is 11.7 Å². The van der Waals surface area contributed by atoms with Crippen molar-refractivity contribution in [2.75, 3.05) is 6.54 Å². The minimum Gasteiger partial charge on any atom is -0.480 e. The second kappa shape index (κ2) is 8.98. The summed E-state index contributed by atoms with van der Waals surface area (Å²) in [5.41, 5.74) is 5.14. The lowest BCUT2D eigenvalue weighted by Crippen LogP contribution is -2.56. The fourth-order valence-corrected chi connectivity index (χ4v) is 1.54. The molecule has 0 rings (SSSR count). The van der Waals surface area contributed by atoms with Crippen LogP contribution in [0.5, 0.6) is 0 Å². The Morgan fingerprint density at radius 2 is 1.45 bits per heavy atom. The van der Waals surface area contributed by atoms with Crippen LogP contribution < -0.4 is 21.7 Å². The molecule has 0 aliphatic heterocycles. The van der Waals surface area contributed by atoms with E-state index in [0.717, 1.165) is 0 Å². The van der Waals surface area contributed by atoms with Crippen LogP contribution in [0.2, 0.25) is 0 Å². The Kier molecular flexibility index (Phi) is 8.10. The number of aliphatic carboxylic acids is 1. The van der Waals surface area contributed by atoms with Crippen molar-refractivity contribution in [3.8, 4) is 0 Å². The fraction of sp³-hybridized carbons (Fsp3) is 0.692. The van der Waals surface area contributed by atoms with Gasteiger partial charge in [-0.05, 0) is 19.8 Å². The number of amides is 3. The van der Waals surface area contributed by atoms with Crippen LogP contribution in [0.4, 0.5) is 0 Å². The summed E-state index contributed by atoms with van der Waals surface area (Å²) in [4.78, 5) is 45.9. The monoisotopic (exact) mass is 316 g/mol. The number of rotatable bonds is 8. The molecule has 3 atom stereocenters. The fourth-order valence-electron chi connectivity index (χ4n) is 1.54. The molecule has 3 unspecified atom stereocenters. The number of carbonyl (C=O) groups is 4. The van der Waals surface area contributed by atoms with Gasteiger partial charge in [0.2, 0.25) is 17.7 Å². The van der Waals surface area contributed by atoms with Gasteiger partial charge in [0.1, 0.15) is 18.1 Å². The Labute approximate surface area is 129 Å². The highest BCUT2D eigenvalue weighted by Gasteiger charge is 2.28. The van der Waals surface area contributed by atoms with E-state index in [-0.39, 0.29) is 12.5 Å². The van der Waals surface area contributed by atoms with E-state index < -0.39 is 41.8 Å². The number of carboxylic acid groups (broad SMARTS) is 1. The van der Waals surface area contributed by atoms with Gasteiger partial charge < -0.3 is 26.8 Å². The second-order valence-corrected chi connectivity index (χ2v) is 5.29. The highest BCUT2D eigenvalue weighted by Crippen LogP contribution is 2.03. The number of carboxylic acids is 1. The van der Waals surface area contributed by atoms with Gasteiger partial charge in [-0.15, -0.1) is 0 Å². The number of hydrogen-bond acceptors (Lipinski definition) is 5. The van der Waals surface area contributed by atoms with E-state index in [1.165, 1.54) is 13.8 Å². The molecule has 0 aromatic carbocycles. The van der Waals surface area contributed by atoms with E-state index in [0.29, 0.717) is 0 Å². The minimum atomic E-state index is -1.18. The number of nitrogens with one attached hydrogen (secondary N) is 3. The van der Waals surface area contributed by atoms with Gasteiger partial charge in [0.05, 0.1) is 6.54 Å². The molecule has 0 saturated heterocycles. The molecular formula is C13H24N4O5. The van der Waals surface area contributed by atoms with Gasteiger partial charge >= 0.3 is 5.97 Å². The van der Waals surface area contributed by atoms with Gasteiger partial charge in [-0.3, -0.25) is 19.2 Å². The molecule has 9 heteroatoms. The standard InChI is InChI=1S/C13H24N4O5/c1-6(2)10(12(20)16-8(4)13(21)22)17-11(19)7(3)15-9(18)5-14/h6-8,10H,5,14H2,1-4H3,(H,15,18)(H,16,20)(H,17,19)(H,21,22). The second-order valence-electron chi connectivity index (χ2n) is 5.29. The first kappa shape index (κ1) is 19.8. The summed E-state index contributed by atoms with van der Waals surface area (Å²) in [6.45, 7) is 5.95. The molecule has 0 aliphatic rings. The molecule has 22 heavy (non-hydrogen) atoms. The predicted octanol–water partition coefficient (Wildman–Crippen LogP) is -1.82. The van der Waals surface area contributed by atoms with Gasteiger partial charge in [-0.1, -0.05) is 13.8 Å². The summed E-state index contributed by atoms with van der Waals surface area (Å²) < 4.78 is 0. The summed E-state index contributed by atoms with van der Waals surface area (Å²) in [6, 6.07) is -2.84. The van der Waals surface area contributed by atoms with Crippen LogP contribution in [0.25, 0.3) is 0 Å². The molecule has 0 aromatic heterocycles. The smallest absolute Gasteiger partial charge is 0.325 e. The van der Waals surface area contributed by atoms with Crippen LogP contribution in [-0.4, -0.2) is 53.5 Å². The molecule has 0 spiro atoms. The first-order chi connectivity index (χ1) is 10.1. The van der Waals surface area contributed by atoms with Crippen molar-refractivity contribution in [1.29, 1.82) is 0 Å². The van der Waals surface area contributed by atoms with Crippen LogP contribution in [0.15, 0.2) is 0 Å². The van der Waals surface area contributed by atoms with Gasteiger partial charge in [0, 0.05) is 0 Å². The van der Waals surface area contributed by atoms with Crippen LogP contribution in [0.1, 0.15) is 27.7 Å². The van der Waals surface area contributed by atoms with E-state index in [1.54, 1.807) is 13.8 Å².